The standard InChI is InChI=1S/C14H8O2.C5H5N3O/c15-13-9-5-1-2-6-10(9)14(16)12-8-4-3-7-11(12)13;6-4(9)5-7-2-1-3-8-5/h1-8H;1-3H,(H2,6,9). The zero-order valence-corrected chi connectivity index (χ0v) is 13.0. The van der Waals surface area contributed by atoms with Gasteiger partial charge in [0.25, 0.3) is 5.91 Å². The molecule has 122 valence electrons. The summed E-state index contributed by atoms with van der Waals surface area (Å²) in [6, 6.07) is 15.5. The third-order valence-corrected chi connectivity index (χ3v) is 3.62. The van der Waals surface area contributed by atoms with Crippen molar-refractivity contribution in [3.63, 3.8) is 0 Å². The molecule has 0 bridgehead atoms. The normalized spacial score (nSPS) is 11.7. The van der Waals surface area contributed by atoms with E-state index < -0.39 is 5.91 Å². The van der Waals surface area contributed by atoms with Crippen LogP contribution >= 0.6 is 0 Å². The first-order chi connectivity index (χ1) is 12.1. The van der Waals surface area contributed by atoms with Gasteiger partial charge in [-0.15, -0.1) is 0 Å². The minimum atomic E-state index is -0.601. The van der Waals surface area contributed by atoms with Gasteiger partial charge in [-0.3, -0.25) is 14.4 Å². The smallest absolute Gasteiger partial charge is 0.286 e. The third-order valence-electron chi connectivity index (χ3n) is 3.62. The molecule has 2 N–H and O–H groups in total. The summed E-state index contributed by atoms with van der Waals surface area (Å²) in [4.78, 5) is 41.7. The van der Waals surface area contributed by atoms with Gasteiger partial charge in [-0.25, -0.2) is 9.97 Å². The Labute approximate surface area is 143 Å². The fourth-order valence-electron chi connectivity index (χ4n) is 2.47. The molecule has 0 saturated heterocycles. The fraction of sp³-hybridized carbons (Fsp3) is 0. The summed E-state index contributed by atoms with van der Waals surface area (Å²) in [5.74, 6) is -0.676. The highest BCUT2D eigenvalue weighted by Gasteiger charge is 2.28. The number of carbonyl (C=O) groups is 3. The largest absolute Gasteiger partial charge is 0.363 e. The van der Waals surface area contributed by atoms with Crippen LogP contribution in [0.1, 0.15) is 42.5 Å². The fourth-order valence-corrected chi connectivity index (χ4v) is 2.47. The molecule has 0 fully saturated rings. The van der Waals surface area contributed by atoms with E-state index in [9.17, 15) is 14.4 Å². The lowest BCUT2D eigenvalue weighted by atomic mass is 9.84. The van der Waals surface area contributed by atoms with Crippen LogP contribution in [0, 0.1) is 0 Å². The van der Waals surface area contributed by atoms with Crippen LogP contribution in [0.15, 0.2) is 67.0 Å². The zero-order valence-electron chi connectivity index (χ0n) is 13.0. The van der Waals surface area contributed by atoms with E-state index in [1.807, 2.05) is 0 Å². The first kappa shape index (κ1) is 16.2. The Hall–Kier alpha value is -3.67. The van der Waals surface area contributed by atoms with Crippen molar-refractivity contribution in [3.05, 3.63) is 95.1 Å². The lowest BCUT2D eigenvalue weighted by Crippen LogP contribution is -2.20. The molecule has 25 heavy (non-hydrogen) atoms. The maximum absolute atomic E-state index is 12.1. The van der Waals surface area contributed by atoms with E-state index in [1.54, 1.807) is 54.6 Å². The second kappa shape index (κ2) is 6.84. The van der Waals surface area contributed by atoms with Gasteiger partial charge in [0.15, 0.2) is 11.6 Å². The molecule has 2 aromatic carbocycles. The predicted molar refractivity (Wildman–Crippen MR) is 90.3 cm³/mol. The van der Waals surface area contributed by atoms with E-state index in [-0.39, 0.29) is 17.4 Å². The van der Waals surface area contributed by atoms with E-state index in [4.69, 9.17) is 5.73 Å². The molecule has 0 atom stereocenters. The molecule has 1 heterocycles. The molecule has 1 aromatic heterocycles. The van der Waals surface area contributed by atoms with Crippen molar-refractivity contribution in [2.45, 2.75) is 0 Å². The maximum atomic E-state index is 12.1. The third kappa shape index (κ3) is 3.18. The highest BCUT2D eigenvalue weighted by molar-refractivity contribution is 6.28. The summed E-state index contributed by atoms with van der Waals surface area (Å²) in [6.45, 7) is 0. The number of rotatable bonds is 1. The van der Waals surface area contributed by atoms with Crippen LogP contribution in [0.4, 0.5) is 0 Å². The highest BCUT2D eigenvalue weighted by atomic mass is 16.1. The Bertz CT molecular complexity index is 863. The lowest BCUT2D eigenvalue weighted by Gasteiger charge is -2.16. The Morgan fingerprint density at radius 1 is 0.680 bits per heavy atom. The molecule has 0 aliphatic heterocycles. The second-order valence-corrected chi connectivity index (χ2v) is 5.19. The maximum Gasteiger partial charge on any atom is 0.286 e. The van der Waals surface area contributed by atoms with Crippen molar-refractivity contribution < 1.29 is 14.4 Å². The van der Waals surface area contributed by atoms with Gasteiger partial charge in [-0.05, 0) is 6.07 Å². The van der Waals surface area contributed by atoms with Gasteiger partial charge in [0.1, 0.15) is 0 Å². The van der Waals surface area contributed by atoms with E-state index in [0.29, 0.717) is 22.3 Å². The van der Waals surface area contributed by atoms with Gasteiger partial charge < -0.3 is 5.73 Å². The van der Waals surface area contributed by atoms with Crippen molar-refractivity contribution in [2.75, 3.05) is 0 Å². The number of hydrogen-bond donors (Lipinski definition) is 1. The summed E-state index contributed by atoms with van der Waals surface area (Å²) in [7, 11) is 0. The second-order valence-electron chi connectivity index (χ2n) is 5.19. The van der Waals surface area contributed by atoms with Crippen molar-refractivity contribution in [3.8, 4) is 0 Å². The summed E-state index contributed by atoms with van der Waals surface area (Å²) in [5.41, 5.74) is 6.87. The van der Waals surface area contributed by atoms with E-state index >= 15 is 0 Å². The van der Waals surface area contributed by atoms with E-state index in [0.717, 1.165) is 0 Å². The molecular formula is C19H13N3O3. The molecule has 6 nitrogen and oxygen atoms in total. The molecule has 0 unspecified atom stereocenters. The van der Waals surface area contributed by atoms with Crippen molar-refractivity contribution in [1.29, 1.82) is 0 Å². The van der Waals surface area contributed by atoms with Gasteiger partial charge >= 0.3 is 0 Å². The minimum absolute atomic E-state index is 0.0532. The lowest BCUT2D eigenvalue weighted by molar-refractivity contribution is 0.0979. The van der Waals surface area contributed by atoms with Gasteiger partial charge in [0.05, 0.1) is 0 Å². The van der Waals surface area contributed by atoms with Crippen LogP contribution in [0.3, 0.4) is 0 Å². The van der Waals surface area contributed by atoms with Gasteiger partial charge in [0.2, 0.25) is 5.82 Å². The number of amides is 1. The zero-order chi connectivity index (χ0) is 17.8. The van der Waals surface area contributed by atoms with Crippen molar-refractivity contribution in [2.24, 2.45) is 5.73 Å². The number of fused-ring (bicyclic) bond motifs is 2. The number of nitrogens with zero attached hydrogens (tertiary/aromatic N) is 2. The monoisotopic (exact) mass is 331 g/mol. The highest BCUT2D eigenvalue weighted by Crippen LogP contribution is 2.26. The topological polar surface area (TPSA) is 103 Å². The van der Waals surface area contributed by atoms with Crippen LogP contribution in [-0.2, 0) is 0 Å². The molecule has 0 radical (unpaired) electrons. The van der Waals surface area contributed by atoms with Crippen LogP contribution in [0.2, 0.25) is 0 Å². The van der Waals surface area contributed by atoms with Crippen LogP contribution < -0.4 is 5.73 Å². The number of ketones is 2. The molecule has 3 aromatic rings. The number of aromatic nitrogens is 2. The molecule has 1 aliphatic rings. The van der Waals surface area contributed by atoms with E-state index in [2.05, 4.69) is 9.97 Å². The van der Waals surface area contributed by atoms with Crippen molar-refractivity contribution >= 4 is 17.5 Å². The van der Waals surface area contributed by atoms with Crippen LogP contribution in [0.25, 0.3) is 0 Å². The number of hydrogen-bond acceptors (Lipinski definition) is 5. The first-order valence-electron chi connectivity index (χ1n) is 7.44. The molecule has 1 amide bonds. The Kier molecular flexibility index (Phi) is 4.43. The van der Waals surface area contributed by atoms with E-state index in [1.165, 1.54) is 12.4 Å². The van der Waals surface area contributed by atoms with Crippen LogP contribution in [0.5, 0.6) is 0 Å². The summed E-state index contributed by atoms with van der Waals surface area (Å²) < 4.78 is 0. The Morgan fingerprint density at radius 3 is 1.32 bits per heavy atom. The average Bonchev–Trinajstić information content (AvgIpc) is 2.67. The average molecular weight is 331 g/mol. The number of carbonyl (C=O) groups excluding carboxylic acids is 3. The SMILES string of the molecule is NC(=O)c1ncccn1.O=C1c2ccccc2C(=O)c2ccccc21. The summed E-state index contributed by atoms with van der Waals surface area (Å²) in [5, 5.41) is 0. The van der Waals surface area contributed by atoms with Gasteiger partial charge in [-0.1, -0.05) is 48.5 Å². The molecule has 0 saturated carbocycles. The quantitative estimate of drug-likeness (QED) is 0.575. The summed E-state index contributed by atoms with van der Waals surface area (Å²) in [6.07, 6.45) is 2.93. The molecule has 0 spiro atoms. The minimum Gasteiger partial charge on any atom is -0.363 e. The Morgan fingerprint density at radius 2 is 1.04 bits per heavy atom. The predicted octanol–water partition coefficient (Wildman–Crippen LogP) is 2.04. The van der Waals surface area contributed by atoms with Crippen LogP contribution in [-0.4, -0.2) is 27.4 Å². The number of primary amides is 1. The van der Waals surface area contributed by atoms with Gasteiger partial charge in [-0.2, -0.15) is 0 Å². The molecule has 4 rings (SSSR count). The van der Waals surface area contributed by atoms with Crippen molar-refractivity contribution in [1.82, 2.24) is 9.97 Å². The number of nitrogens with two attached hydrogens (primary N) is 1. The van der Waals surface area contributed by atoms with Gasteiger partial charge in [0, 0.05) is 34.6 Å². The molecule has 1 aliphatic carbocycles. The Balaban J connectivity index is 0.000000173. The molecule has 6 heteroatoms. The molecular weight excluding hydrogens is 318 g/mol. The first-order valence-corrected chi connectivity index (χ1v) is 7.44. The summed E-state index contributed by atoms with van der Waals surface area (Å²) >= 11 is 0. The number of benzene rings is 2.